The van der Waals surface area contributed by atoms with Crippen molar-refractivity contribution >= 4 is 34.2 Å². The summed E-state index contributed by atoms with van der Waals surface area (Å²) in [5.41, 5.74) is 2.22. The highest BCUT2D eigenvalue weighted by molar-refractivity contribution is 5.95. The minimum absolute atomic E-state index is 0.133. The summed E-state index contributed by atoms with van der Waals surface area (Å²) in [5, 5.41) is 5.53. The number of hydrogen-bond acceptors (Lipinski definition) is 6. The van der Waals surface area contributed by atoms with E-state index in [1.54, 1.807) is 66.7 Å². The molecule has 1 aromatic heterocycles. The highest BCUT2D eigenvalue weighted by Gasteiger charge is 2.19. The molecule has 0 unspecified atom stereocenters. The van der Waals surface area contributed by atoms with Crippen LogP contribution in [-0.4, -0.2) is 28.2 Å². The van der Waals surface area contributed by atoms with Crippen LogP contribution in [0.25, 0.3) is 22.3 Å². The first-order chi connectivity index (χ1) is 16.5. The maximum absolute atomic E-state index is 13.5. The molecule has 3 aromatic carbocycles. The van der Waals surface area contributed by atoms with Crippen molar-refractivity contribution in [2.75, 3.05) is 17.4 Å². The van der Waals surface area contributed by atoms with E-state index in [4.69, 9.17) is 9.47 Å². The number of anilines is 2. The molecule has 1 aliphatic rings. The first-order valence-electron chi connectivity index (χ1n) is 10.6. The number of nitrogens with zero attached hydrogens (tertiary/aromatic N) is 2. The van der Waals surface area contributed by atoms with E-state index in [1.165, 1.54) is 11.5 Å². The number of rotatable bonds is 5. The molecule has 34 heavy (non-hydrogen) atoms. The van der Waals surface area contributed by atoms with Crippen LogP contribution in [-0.2, 0) is 16.1 Å². The Hall–Kier alpha value is -4.66. The van der Waals surface area contributed by atoms with Gasteiger partial charge < -0.3 is 20.1 Å². The third kappa shape index (κ3) is 4.06. The minimum atomic E-state index is -0.447. The van der Waals surface area contributed by atoms with Crippen LogP contribution in [0.15, 0.2) is 71.5 Å². The summed E-state index contributed by atoms with van der Waals surface area (Å²) in [6, 6.07) is 19.1. The van der Waals surface area contributed by atoms with E-state index in [-0.39, 0.29) is 24.9 Å². The lowest BCUT2D eigenvalue weighted by Gasteiger charge is -2.14. The highest BCUT2D eigenvalue weighted by atomic mass is 16.7. The normalized spacial score (nSPS) is 11.9. The van der Waals surface area contributed by atoms with Crippen LogP contribution >= 0.6 is 0 Å². The number of nitrogens with one attached hydrogen (secondary N) is 2. The van der Waals surface area contributed by atoms with Gasteiger partial charge in [-0.3, -0.25) is 19.0 Å². The topological polar surface area (TPSA) is 112 Å². The number of benzene rings is 3. The van der Waals surface area contributed by atoms with Crippen molar-refractivity contribution in [2.45, 2.75) is 13.5 Å². The summed E-state index contributed by atoms with van der Waals surface area (Å²) < 4.78 is 12.0. The van der Waals surface area contributed by atoms with Crippen molar-refractivity contribution in [1.29, 1.82) is 0 Å². The average Bonchev–Trinajstić information content (AvgIpc) is 3.29. The Bertz CT molecular complexity index is 1490. The van der Waals surface area contributed by atoms with Gasteiger partial charge in [0.2, 0.25) is 18.6 Å². The fourth-order valence-electron chi connectivity index (χ4n) is 3.83. The second-order valence-electron chi connectivity index (χ2n) is 7.68. The Morgan fingerprint density at radius 1 is 0.971 bits per heavy atom. The number of ether oxygens (including phenoxy) is 2. The zero-order valence-electron chi connectivity index (χ0n) is 18.2. The molecule has 2 heterocycles. The van der Waals surface area contributed by atoms with Gasteiger partial charge in [0.25, 0.3) is 5.56 Å². The molecule has 2 amide bonds. The third-order valence-electron chi connectivity index (χ3n) is 5.30. The van der Waals surface area contributed by atoms with Crippen LogP contribution in [0, 0.1) is 0 Å². The first-order valence-corrected chi connectivity index (χ1v) is 10.6. The van der Waals surface area contributed by atoms with Gasteiger partial charge in [0.1, 0.15) is 12.2 Å². The molecule has 0 bridgehead atoms. The fraction of sp³-hybridized carbons (Fsp3) is 0.120. The van der Waals surface area contributed by atoms with Gasteiger partial charge in [-0.2, -0.15) is 0 Å². The zero-order chi connectivity index (χ0) is 23.7. The SMILES string of the molecule is CC(=O)Nc1ccccc1-c1nc2ccccc2n(CC(=O)Nc2ccc3c(c2)OCO3)c1=O. The van der Waals surface area contributed by atoms with Crippen molar-refractivity contribution in [3.63, 3.8) is 0 Å². The van der Waals surface area contributed by atoms with Gasteiger partial charge >= 0.3 is 0 Å². The molecule has 0 fully saturated rings. The molecule has 9 heteroatoms. The number of amides is 2. The first kappa shape index (κ1) is 21.2. The zero-order valence-corrected chi connectivity index (χ0v) is 18.2. The molecule has 0 saturated heterocycles. The second kappa shape index (κ2) is 8.70. The largest absolute Gasteiger partial charge is 0.454 e. The molecular weight excluding hydrogens is 436 g/mol. The van der Waals surface area contributed by atoms with Gasteiger partial charge in [0, 0.05) is 24.2 Å². The lowest BCUT2D eigenvalue weighted by Crippen LogP contribution is -2.30. The Labute approximate surface area is 194 Å². The Balaban J connectivity index is 1.54. The van der Waals surface area contributed by atoms with Gasteiger partial charge in [-0.1, -0.05) is 30.3 Å². The van der Waals surface area contributed by atoms with Gasteiger partial charge in [-0.05, 0) is 30.3 Å². The summed E-state index contributed by atoms with van der Waals surface area (Å²) in [5.74, 6) is 0.494. The Morgan fingerprint density at radius 2 is 1.74 bits per heavy atom. The molecule has 0 spiro atoms. The predicted octanol–water partition coefficient (Wildman–Crippen LogP) is 3.39. The maximum Gasteiger partial charge on any atom is 0.278 e. The monoisotopic (exact) mass is 456 g/mol. The lowest BCUT2D eigenvalue weighted by molar-refractivity contribution is -0.117. The molecular formula is C25H20N4O5. The molecule has 170 valence electrons. The highest BCUT2D eigenvalue weighted by Crippen LogP contribution is 2.34. The Morgan fingerprint density at radius 3 is 2.59 bits per heavy atom. The van der Waals surface area contributed by atoms with Crippen molar-refractivity contribution in [3.8, 4) is 22.8 Å². The lowest BCUT2D eigenvalue weighted by atomic mass is 10.1. The molecule has 5 rings (SSSR count). The van der Waals surface area contributed by atoms with E-state index < -0.39 is 11.5 Å². The van der Waals surface area contributed by atoms with Crippen LogP contribution in [0.1, 0.15) is 6.92 Å². The van der Waals surface area contributed by atoms with Gasteiger partial charge in [-0.15, -0.1) is 0 Å². The standard InChI is InChI=1S/C25H20N4O5/c1-15(30)26-18-7-3-2-6-17(18)24-25(32)29(20-9-5-4-8-19(20)28-24)13-23(31)27-16-10-11-21-22(12-16)34-14-33-21/h2-12H,13-14H2,1H3,(H,26,30)(H,27,31). The van der Waals surface area contributed by atoms with E-state index in [9.17, 15) is 14.4 Å². The van der Waals surface area contributed by atoms with Crippen LogP contribution < -0.4 is 25.7 Å². The summed E-state index contributed by atoms with van der Waals surface area (Å²) in [4.78, 5) is 42.7. The van der Waals surface area contributed by atoms with Crippen molar-refractivity contribution in [3.05, 3.63) is 77.1 Å². The second-order valence-corrected chi connectivity index (χ2v) is 7.68. The third-order valence-corrected chi connectivity index (χ3v) is 5.30. The van der Waals surface area contributed by atoms with Gasteiger partial charge in [0.05, 0.1) is 16.7 Å². The summed E-state index contributed by atoms with van der Waals surface area (Å²) in [6.45, 7) is 1.29. The minimum Gasteiger partial charge on any atom is -0.454 e. The number of para-hydroxylation sites is 3. The number of fused-ring (bicyclic) bond motifs is 2. The molecule has 0 atom stereocenters. The summed E-state index contributed by atoms with van der Waals surface area (Å²) in [7, 11) is 0. The van der Waals surface area contributed by atoms with Gasteiger partial charge in [0.15, 0.2) is 11.5 Å². The van der Waals surface area contributed by atoms with E-state index in [2.05, 4.69) is 15.6 Å². The molecule has 0 saturated carbocycles. The molecule has 0 radical (unpaired) electrons. The fourth-order valence-corrected chi connectivity index (χ4v) is 3.83. The molecule has 0 aliphatic carbocycles. The van der Waals surface area contributed by atoms with E-state index in [0.29, 0.717) is 39.5 Å². The van der Waals surface area contributed by atoms with Crippen molar-refractivity contribution < 1.29 is 19.1 Å². The number of hydrogen-bond donors (Lipinski definition) is 2. The number of aromatic nitrogens is 2. The van der Waals surface area contributed by atoms with Crippen LogP contribution in [0.5, 0.6) is 11.5 Å². The van der Waals surface area contributed by atoms with E-state index in [1.807, 2.05) is 0 Å². The number of carbonyl (C=O) groups excluding carboxylic acids is 2. The predicted molar refractivity (Wildman–Crippen MR) is 127 cm³/mol. The summed E-state index contributed by atoms with van der Waals surface area (Å²) in [6.07, 6.45) is 0. The number of carbonyl (C=O) groups is 2. The molecule has 4 aromatic rings. The van der Waals surface area contributed by atoms with E-state index in [0.717, 1.165) is 0 Å². The maximum atomic E-state index is 13.5. The van der Waals surface area contributed by atoms with Crippen LogP contribution in [0.2, 0.25) is 0 Å². The molecule has 1 aliphatic heterocycles. The van der Waals surface area contributed by atoms with Crippen molar-refractivity contribution in [2.24, 2.45) is 0 Å². The van der Waals surface area contributed by atoms with E-state index >= 15 is 0 Å². The quantitative estimate of drug-likeness (QED) is 0.476. The van der Waals surface area contributed by atoms with Crippen LogP contribution in [0.4, 0.5) is 11.4 Å². The van der Waals surface area contributed by atoms with Gasteiger partial charge in [-0.25, -0.2) is 4.98 Å². The average molecular weight is 456 g/mol. The molecule has 9 nitrogen and oxygen atoms in total. The summed E-state index contributed by atoms with van der Waals surface area (Å²) >= 11 is 0. The van der Waals surface area contributed by atoms with Crippen molar-refractivity contribution in [1.82, 2.24) is 9.55 Å². The smallest absolute Gasteiger partial charge is 0.278 e. The Kier molecular flexibility index (Phi) is 5.43. The van der Waals surface area contributed by atoms with Crippen LogP contribution in [0.3, 0.4) is 0 Å². The molecule has 2 N–H and O–H groups in total.